The summed E-state index contributed by atoms with van der Waals surface area (Å²) in [5.41, 5.74) is 0. The molecule has 1 saturated heterocycles. The molecular formula is C8H16N2O3S. The topological polar surface area (TPSA) is 81.6 Å². The molecule has 1 unspecified atom stereocenters. The summed E-state index contributed by atoms with van der Waals surface area (Å²) in [6, 6.07) is -0.745. The van der Waals surface area contributed by atoms with Crippen molar-refractivity contribution in [3.05, 3.63) is 0 Å². The molecule has 4 N–H and O–H groups in total. The van der Waals surface area contributed by atoms with Gasteiger partial charge in [-0.2, -0.15) is 11.8 Å². The van der Waals surface area contributed by atoms with Crippen LogP contribution in [0.3, 0.4) is 0 Å². The zero-order chi connectivity index (χ0) is 10.4. The largest absolute Gasteiger partial charge is 0.394 e. The van der Waals surface area contributed by atoms with E-state index in [9.17, 15) is 4.79 Å². The van der Waals surface area contributed by atoms with Crippen LogP contribution in [0.1, 0.15) is 0 Å². The molecule has 5 nitrogen and oxygen atoms in total. The van der Waals surface area contributed by atoms with E-state index in [2.05, 4.69) is 10.6 Å². The Kier molecular flexibility index (Phi) is 5.24. The van der Waals surface area contributed by atoms with Gasteiger partial charge in [-0.1, -0.05) is 0 Å². The van der Waals surface area contributed by atoms with E-state index < -0.39 is 6.04 Å². The average Bonchev–Trinajstić information content (AvgIpc) is 2.26. The minimum absolute atomic E-state index is 0.148. The number of rotatable bonds is 4. The van der Waals surface area contributed by atoms with Crippen LogP contribution in [0, 0.1) is 0 Å². The van der Waals surface area contributed by atoms with Gasteiger partial charge in [-0.3, -0.25) is 4.79 Å². The number of carbonyl (C=O) groups is 1. The van der Waals surface area contributed by atoms with Gasteiger partial charge in [0.2, 0.25) is 5.91 Å². The fraction of sp³-hybridized carbons (Fsp3) is 0.875. The number of amides is 1. The summed E-state index contributed by atoms with van der Waals surface area (Å²) in [5.74, 6) is 1.62. The molecule has 6 heteroatoms. The third kappa shape index (κ3) is 3.45. The van der Waals surface area contributed by atoms with Gasteiger partial charge in [0, 0.05) is 18.1 Å². The van der Waals surface area contributed by atoms with Crippen LogP contribution < -0.4 is 10.6 Å². The smallest absolute Gasteiger partial charge is 0.238 e. The normalized spacial score (nSPS) is 22.4. The Morgan fingerprint density at radius 3 is 2.79 bits per heavy atom. The lowest BCUT2D eigenvalue weighted by Crippen LogP contribution is -2.53. The van der Waals surface area contributed by atoms with Crippen LogP contribution >= 0.6 is 11.8 Å². The number of carbonyl (C=O) groups excluding carboxylic acids is 1. The standard InChI is InChI=1S/C8H16N2O3S/c11-3-6(4-12)10-8(13)7-5-14-2-1-9-7/h6-7,9,11-12H,1-5H2,(H,10,13). The predicted molar refractivity (Wildman–Crippen MR) is 55.2 cm³/mol. The second-order valence-electron chi connectivity index (χ2n) is 3.15. The van der Waals surface area contributed by atoms with Crippen molar-refractivity contribution < 1.29 is 15.0 Å². The molecule has 0 aromatic heterocycles. The van der Waals surface area contributed by atoms with E-state index in [1.54, 1.807) is 11.8 Å². The molecule has 0 spiro atoms. The summed E-state index contributed by atoms with van der Waals surface area (Å²) in [6.45, 7) is 0.357. The Hall–Kier alpha value is -0.300. The molecule has 0 aromatic carbocycles. The molecule has 0 radical (unpaired) electrons. The molecule has 1 rings (SSSR count). The lowest BCUT2D eigenvalue weighted by atomic mass is 10.2. The van der Waals surface area contributed by atoms with Gasteiger partial charge in [0.1, 0.15) is 0 Å². The summed E-state index contributed by atoms with van der Waals surface area (Å²) in [6.07, 6.45) is 0. The van der Waals surface area contributed by atoms with E-state index in [0.29, 0.717) is 0 Å². The van der Waals surface area contributed by atoms with Crippen LogP contribution in [-0.4, -0.2) is 59.5 Å². The van der Waals surface area contributed by atoms with Crippen LogP contribution in [0.25, 0.3) is 0 Å². The van der Waals surface area contributed by atoms with E-state index >= 15 is 0 Å². The predicted octanol–water partition coefficient (Wildman–Crippen LogP) is -1.84. The highest BCUT2D eigenvalue weighted by atomic mass is 32.2. The summed E-state index contributed by atoms with van der Waals surface area (Å²) in [4.78, 5) is 11.5. The second kappa shape index (κ2) is 6.23. The maximum atomic E-state index is 11.5. The molecule has 1 amide bonds. The number of aliphatic hydroxyl groups excluding tert-OH is 2. The van der Waals surface area contributed by atoms with Crippen molar-refractivity contribution in [3.8, 4) is 0 Å². The molecule has 0 saturated carbocycles. The molecule has 0 bridgehead atoms. The molecular weight excluding hydrogens is 204 g/mol. The van der Waals surface area contributed by atoms with Gasteiger partial charge < -0.3 is 20.8 Å². The van der Waals surface area contributed by atoms with Crippen molar-refractivity contribution in [2.75, 3.05) is 31.3 Å². The fourth-order valence-corrected chi connectivity index (χ4v) is 2.12. The third-order valence-corrected chi connectivity index (χ3v) is 3.09. The first-order chi connectivity index (χ1) is 6.77. The summed E-state index contributed by atoms with van der Waals surface area (Å²) in [5, 5.41) is 23.2. The van der Waals surface area contributed by atoms with E-state index in [0.717, 1.165) is 18.1 Å². The molecule has 1 fully saturated rings. The van der Waals surface area contributed by atoms with Crippen LogP contribution in [0.2, 0.25) is 0 Å². The van der Waals surface area contributed by atoms with Crippen molar-refractivity contribution in [1.82, 2.24) is 10.6 Å². The van der Waals surface area contributed by atoms with Crippen molar-refractivity contribution in [2.45, 2.75) is 12.1 Å². The molecule has 1 heterocycles. The van der Waals surface area contributed by atoms with Gasteiger partial charge in [0.25, 0.3) is 0 Å². The van der Waals surface area contributed by atoms with Crippen molar-refractivity contribution in [3.63, 3.8) is 0 Å². The van der Waals surface area contributed by atoms with E-state index in [1.807, 2.05) is 0 Å². The Balaban J connectivity index is 2.32. The lowest BCUT2D eigenvalue weighted by Gasteiger charge is -2.24. The van der Waals surface area contributed by atoms with Gasteiger partial charge >= 0.3 is 0 Å². The number of hydrogen-bond donors (Lipinski definition) is 4. The van der Waals surface area contributed by atoms with Crippen LogP contribution in [0.5, 0.6) is 0 Å². The van der Waals surface area contributed by atoms with Crippen molar-refractivity contribution >= 4 is 17.7 Å². The number of nitrogens with one attached hydrogen (secondary N) is 2. The van der Waals surface area contributed by atoms with Gasteiger partial charge in [-0.05, 0) is 0 Å². The van der Waals surface area contributed by atoms with E-state index in [1.165, 1.54) is 0 Å². The lowest BCUT2D eigenvalue weighted by molar-refractivity contribution is -0.124. The molecule has 0 aromatic rings. The number of aliphatic hydroxyl groups is 2. The van der Waals surface area contributed by atoms with E-state index in [-0.39, 0.29) is 25.2 Å². The molecule has 14 heavy (non-hydrogen) atoms. The summed E-state index contributed by atoms with van der Waals surface area (Å²) >= 11 is 1.73. The summed E-state index contributed by atoms with van der Waals surface area (Å²) in [7, 11) is 0. The Labute approximate surface area is 87.3 Å². The Morgan fingerprint density at radius 1 is 1.57 bits per heavy atom. The van der Waals surface area contributed by atoms with Crippen LogP contribution in [0.4, 0.5) is 0 Å². The summed E-state index contributed by atoms with van der Waals surface area (Å²) < 4.78 is 0. The number of hydrogen-bond acceptors (Lipinski definition) is 5. The highest BCUT2D eigenvalue weighted by Crippen LogP contribution is 2.07. The minimum atomic E-state index is -0.545. The Morgan fingerprint density at radius 2 is 2.29 bits per heavy atom. The average molecular weight is 220 g/mol. The van der Waals surface area contributed by atoms with Crippen LogP contribution in [0.15, 0.2) is 0 Å². The first-order valence-corrected chi connectivity index (χ1v) is 5.76. The van der Waals surface area contributed by atoms with Crippen molar-refractivity contribution in [2.24, 2.45) is 0 Å². The molecule has 1 aliphatic heterocycles. The van der Waals surface area contributed by atoms with E-state index in [4.69, 9.17) is 10.2 Å². The number of thioether (sulfide) groups is 1. The first-order valence-electron chi connectivity index (χ1n) is 4.61. The maximum absolute atomic E-state index is 11.5. The first kappa shape index (κ1) is 11.8. The zero-order valence-electron chi connectivity index (χ0n) is 7.90. The van der Waals surface area contributed by atoms with Gasteiger partial charge in [0.05, 0.1) is 25.3 Å². The van der Waals surface area contributed by atoms with Gasteiger partial charge in [-0.15, -0.1) is 0 Å². The Bertz CT molecular complexity index is 181. The quantitative estimate of drug-likeness (QED) is 0.448. The molecule has 82 valence electrons. The fourth-order valence-electron chi connectivity index (χ4n) is 1.18. The minimum Gasteiger partial charge on any atom is -0.394 e. The zero-order valence-corrected chi connectivity index (χ0v) is 8.72. The highest BCUT2D eigenvalue weighted by molar-refractivity contribution is 7.99. The van der Waals surface area contributed by atoms with Crippen LogP contribution in [-0.2, 0) is 4.79 Å². The molecule has 1 atom stereocenters. The SMILES string of the molecule is O=C(NC(CO)CO)C1CSCCN1. The second-order valence-corrected chi connectivity index (χ2v) is 4.30. The maximum Gasteiger partial charge on any atom is 0.238 e. The van der Waals surface area contributed by atoms with Gasteiger partial charge in [-0.25, -0.2) is 0 Å². The van der Waals surface area contributed by atoms with Crippen molar-refractivity contribution in [1.29, 1.82) is 0 Å². The molecule has 0 aliphatic carbocycles. The highest BCUT2D eigenvalue weighted by Gasteiger charge is 2.22. The third-order valence-electron chi connectivity index (χ3n) is 2.03. The van der Waals surface area contributed by atoms with Gasteiger partial charge in [0.15, 0.2) is 0 Å². The molecule has 1 aliphatic rings. The monoisotopic (exact) mass is 220 g/mol.